The van der Waals surface area contributed by atoms with E-state index in [4.69, 9.17) is 23.7 Å². The second-order valence-corrected chi connectivity index (χ2v) is 16.3. The number of ketones is 2. The molecule has 2 saturated heterocycles. The van der Waals surface area contributed by atoms with Gasteiger partial charge in [0.05, 0.1) is 49.3 Å². The number of nitrogens with one attached hydrogen (secondary N) is 1. The number of carbonyl (C=O) groups is 5. The van der Waals surface area contributed by atoms with Gasteiger partial charge in [-0.2, -0.15) is 0 Å². The van der Waals surface area contributed by atoms with Crippen molar-refractivity contribution in [2.45, 2.75) is 76.1 Å². The van der Waals surface area contributed by atoms with Gasteiger partial charge in [-0.15, -0.1) is 24.8 Å². The summed E-state index contributed by atoms with van der Waals surface area (Å²) in [5.41, 5.74) is 3.33. The molecular formula is C45H50Cl2N4O10. The zero-order valence-electron chi connectivity index (χ0n) is 34.7. The molecule has 1 amide bonds. The third-order valence-corrected chi connectivity index (χ3v) is 11.0. The maximum absolute atomic E-state index is 13.1. The second kappa shape index (κ2) is 19.0. The second-order valence-electron chi connectivity index (χ2n) is 16.3. The number of nitrogens with zero attached hydrogens (tertiary/aromatic N) is 3. The molecule has 6 heterocycles. The summed E-state index contributed by atoms with van der Waals surface area (Å²) in [6, 6.07) is 14.4. The largest absolute Gasteiger partial charge is 0.486 e. The molecule has 4 aliphatic heterocycles. The number of esters is 2. The van der Waals surface area contributed by atoms with Crippen molar-refractivity contribution in [3.05, 3.63) is 95.6 Å². The van der Waals surface area contributed by atoms with Crippen LogP contribution in [0.1, 0.15) is 101 Å². The van der Waals surface area contributed by atoms with E-state index >= 15 is 0 Å². The molecule has 0 bridgehead atoms. The zero-order chi connectivity index (χ0) is 42.0. The molecule has 61 heavy (non-hydrogen) atoms. The van der Waals surface area contributed by atoms with Crippen LogP contribution in [0.3, 0.4) is 0 Å². The topological polar surface area (TPSA) is 173 Å². The average molecular weight is 878 g/mol. The molecule has 16 heteroatoms. The van der Waals surface area contributed by atoms with Gasteiger partial charge in [0.2, 0.25) is 0 Å². The van der Waals surface area contributed by atoms with Gasteiger partial charge in [0.25, 0.3) is 0 Å². The minimum Gasteiger partial charge on any atom is -0.486 e. The lowest BCUT2D eigenvalue weighted by atomic mass is 9.82. The molecule has 4 aromatic rings. The highest BCUT2D eigenvalue weighted by molar-refractivity contribution is 6.02. The number of rotatable bonds is 4. The molecule has 324 valence electrons. The van der Waals surface area contributed by atoms with E-state index in [1.807, 2.05) is 45.0 Å². The molecule has 2 fully saturated rings. The van der Waals surface area contributed by atoms with E-state index in [0.29, 0.717) is 71.7 Å². The standard InChI is InChI=1S/C25H28N2O6.C20H20N2O4.2ClH/c1-24(2,3)33-23(30)27-9-7-25(8-10-27)13-20(28)19-12-16(5-6-21(19)32-25)17-11-18(15-26-14-17)22(29)31-4;1-25-19(24)15-8-14(11-22-12-15)13-2-3-18-16(9-13)17(23)10-20(26-18)4-6-21-7-5-20;;/h5-6,11-12,14-15H,7-10,13H2,1-4H3;2-3,8-9,11-12,21H,4-7,10H2,1H3;2*1H. The van der Waals surface area contributed by atoms with Gasteiger partial charge in [-0.05, 0) is 81.4 Å². The number of piperidine rings is 2. The van der Waals surface area contributed by atoms with E-state index in [2.05, 4.69) is 15.3 Å². The summed E-state index contributed by atoms with van der Waals surface area (Å²) in [5, 5.41) is 3.31. The van der Waals surface area contributed by atoms with Crippen LogP contribution >= 0.6 is 24.8 Å². The minimum atomic E-state index is -0.615. The first-order valence-electron chi connectivity index (χ1n) is 19.7. The molecule has 2 aromatic carbocycles. The minimum absolute atomic E-state index is 0. The van der Waals surface area contributed by atoms with E-state index < -0.39 is 23.1 Å². The number of likely N-dealkylation sites (tertiary alicyclic amines) is 1. The van der Waals surface area contributed by atoms with Gasteiger partial charge in [-0.1, -0.05) is 12.1 Å². The Balaban J connectivity index is 0.000000229. The Hall–Kier alpha value is -5.57. The highest BCUT2D eigenvalue weighted by atomic mass is 35.5. The molecule has 0 unspecified atom stereocenters. The number of hydrogen-bond acceptors (Lipinski definition) is 13. The molecule has 0 atom stereocenters. The fourth-order valence-corrected chi connectivity index (χ4v) is 7.87. The number of amides is 1. The van der Waals surface area contributed by atoms with Crippen LogP contribution in [0, 0.1) is 0 Å². The third-order valence-electron chi connectivity index (χ3n) is 11.0. The predicted molar refractivity (Wildman–Crippen MR) is 230 cm³/mol. The van der Waals surface area contributed by atoms with Crippen LogP contribution in [-0.4, -0.2) is 102 Å². The molecule has 0 aliphatic carbocycles. The van der Waals surface area contributed by atoms with E-state index in [-0.39, 0.29) is 54.5 Å². The SMILES string of the molecule is COC(=O)c1cncc(-c2ccc3c(c2)C(=O)CC2(CCN(C(=O)OC(C)(C)C)CC2)O3)c1.COC(=O)c1cncc(-c2ccc3c(c2)C(=O)CC2(CCNCC2)O3)c1.Cl.Cl. The van der Waals surface area contributed by atoms with Gasteiger partial charge in [-0.25, -0.2) is 14.4 Å². The summed E-state index contributed by atoms with van der Waals surface area (Å²) >= 11 is 0. The number of pyridine rings is 2. The number of methoxy groups -OCH3 is 2. The quantitative estimate of drug-likeness (QED) is 0.156. The van der Waals surface area contributed by atoms with Gasteiger partial charge < -0.3 is 33.9 Å². The maximum atomic E-state index is 13.1. The first-order chi connectivity index (χ1) is 28.2. The van der Waals surface area contributed by atoms with Gasteiger partial charge in [0.15, 0.2) is 11.6 Å². The first kappa shape index (κ1) is 46.5. The van der Waals surface area contributed by atoms with Crippen LogP contribution in [0.5, 0.6) is 11.5 Å². The monoisotopic (exact) mass is 876 g/mol. The Morgan fingerprint density at radius 2 is 1.10 bits per heavy atom. The van der Waals surface area contributed by atoms with Crippen LogP contribution in [0.4, 0.5) is 4.79 Å². The predicted octanol–water partition coefficient (Wildman–Crippen LogP) is 7.74. The summed E-state index contributed by atoms with van der Waals surface area (Å²) in [5.74, 6) is 0.376. The molecule has 4 aliphatic rings. The van der Waals surface area contributed by atoms with Crippen molar-refractivity contribution < 1.29 is 47.7 Å². The smallest absolute Gasteiger partial charge is 0.410 e. The van der Waals surface area contributed by atoms with Crippen LogP contribution in [0.25, 0.3) is 22.3 Å². The van der Waals surface area contributed by atoms with Crippen molar-refractivity contribution in [1.82, 2.24) is 20.2 Å². The molecule has 14 nitrogen and oxygen atoms in total. The molecule has 2 aromatic heterocycles. The summed E-state index contributed by atoms with van der Waals surface area (Å²) in [6.45, 7) is 8.20. The van der Waals surface area contributed by atoms with Gasteiger partial charge in [0.1, 0.15) is 28.3 Å². The average Bonchev–Trinajstić information content (AvgIpc) is 3.23. The molecule has 0 radical (unpaired) electrons. The highest BCUT2D eigenvalue weighted by Crippen LogP contribution is 2.42. The number of fused-ring (bicyclic) bond motifs is 2. The number of aromatic nitrogens is 2. The van der Waals surface area contributed by atoms with E-state index in [1.54, 1.807) is 41.6 Å². The Bertz CT molecular complexity index is 2300. The number of halogens is 2. The number of hydrogen-bond donors (Lipinski definition) is 1. The van der Waals surface area contributed by atoms with Crippen LogP contribution < -0.4 is 14.8 Å². The lowest BCUT2D eigenvalue weighted by molar-refractivity contribution is -0.0226. The Morgan fingerprint density at radius 3 is 1.52 bits per heavy atom. The molecule has 2 spiro atoms. The number of Topliss-reactive ketones (excluding diaryl/α,β-unsaturated/α-hetero) is 2. The van der Waals surface area contributed by atoms with Gasteiger partial charge >= 0.3 is 18.0 Å². The van der Waals surface area contributed by atoms with Gasteiger partial charge in [-0.3, -0.25) is 19.6 Å². The van der Waals surface area contributed by atoms with Crippen molar-refractivity contribution in [2.75, 3.05) is 40.4 Å². The first-order valence-corrected chi connectivity index (χ1v) is 19.7. The van der Waals surface area contributed by atoms with Crippen molar-refractivity contribution in [2.24, 2.45) is 0 Å². The summed E-state index contributed by atoms with van der Waals surface area (Å²) in [7, 11) is 2.65. The van der Waals surface area contributed by atoms with Crippen molar-refractivity contribution in [1.29, 1.82) is 0 Å². The van der Waals surface area contributed by atoms with Crippen molar-refractivity contribution >= 4 is 54.4 Å². The van der Waals surface area contributed by atoms with Crippen LogP contribution in [0.15, 0.2) is 73.3 Å². The van der Waals surface area contributed by atoms with Gasteiger partial charge in [0, 0.05) is 74.7 Å². The Labute approximate surface area is 366 Å². The lowest BCUT2D eigenvalue weighted by Crippen LogP contribution is -2.52. The van der Waals surface area contributed by atoms with E-state index in [9.17, 15) is 24.0 Å². The normalized spacial score (nSPS) is 17.0. The summed E-state index contributed by atoms with van der Waals surface area (Å²) in [6.07, 6.45) is 9.32. The summed E-state index contributed by atoms with van der Waals surface area (Å²) in [4.78, 5) is 71.7. The number of benzene rings is 2. The highest BCUT2D eigenvalue weighted by Gasteiger charge is 2.45. The fraction of sp³-hybridized carbons (Fsp3) is 0.400. The number of carbonyl (C=O) groups excluding carboxylic acids is 5. The third kappa shape index (κ3) is 10.5. The van der Waals surface area contributed by atoms with E-state index in [0.717, 1.165) is 42.6 Å². The fourth-order valence-electron chi connectivity index (χ4n) is 7.87. The van der Waals surface area contributed by atoms with Crippen molar-refractivity contribution in [3.63, 3.8) is 0 Å². The zero-order valence-corrected chi connectivity index (χ0v) is 36.4. The maximum Gasteiger partial charge on any atom is 0.410 e. The van der Waals surface area contributed by atoms with Crippen molar-refractivity contribution in [3.8, 4) is 33.8 Å². The Kier molecular flexibility index (Phi) is 14.5. The molecule has 0 saturated carbocycles. The van der Waals surface area contributed by atoms with Crippen LogP contribution in [-0.2, 0) is 14.2 Å². The Morgan fingerprint density at radius 1 is 0.656 bits per heavy atom. The molecule has 8 rings (SSSR count). The van der Waals surface area contributed by atoms with E-state index in [1.165, 1.54) is 26.6 Å². The molecular weight excluding hydrogens is 827 g/mol. The molecule has 1 N–H and O–H groups in total. The lowest BCUT2D eigenvalue weighted by Gasteiger charge is -2.44. The van der Waals surface area contributed by atoms with Crippen LogP contribution in [0.2, 0.25) is 0 Å². The number of ether oxygens (including phenoxy) is 5. The summed E-state index contributed by atoms with van der Waals surface area (Å²) < 4.78 is 27.6.